The SMILES string of the molecule is O=C(Nc1ccc(SCc2cccnc2)cc1)C1CC1c1ccco1. The van der Waals surface area contributed by atoms with E-state index in [0.717, 1.165) is 23.6 Å². The summed E-state index contributed by atoms with van der Waals surface area (Å²) in [6.45, 7) is 0. The molecule has 0 saturated heterocycles. The van der Waals surface area contributed by atoms with E-state index in [0.29, 0.717) is 0 Å². The monoisotopic (exact) mass is 350 g/mol. The Morgan fingerprint density at radius 2 is 2.08 bits per heavy atom. The van der Waals surface area contributed by atoms with Gasteiger partial charge >= 0.3 is 0 Å². The molecule has 1 saturated carbocycles. The molecule has 5 heteroatoms. The zero-order valence-corrected chi connectivity index (χ0v) is 14.4. The Morgan fingerprint density at radius 3 is 2.80 bits per heavy atom. The number of nitrogens with zero attached hydrogens (tertiary/aromatic N) is 1. The summed E-state index contributed by atoms with van der Waals surface area (Å²) in [6.07, 6.45) is 6.18. The van der Waals surface area contributed by atoms with Gasteiger partial charge in [0.2, 0.25) is 5.91 Å². The third-order valence-electron chi connectivity index (χ3n) is 4.29. The second-order valence-electron chi connectivity index (χ2n) is 6.13. The molecule has 2 aromatic heterocycles. The number of benzene rings is 1. The molecule has 0 bridgehead atoms. The third kappa shape index (κ3) is 3.94. The molecular formula is C20H18N2O2S. The van der Waals surface area contributed by atoms with Gasteiger partial charge in [0, 0.05) is 40.6 Å². The predicted molar refractivity (Wildman–Crippen MR) is 98.4 cm³/mol. The molecule has 0 radical (unpaired) electrons. The summed E-state index contributed by atoms with van der Waals surface area (Å²) in [5.74, 6) is 2.10. The lowest BCUT2D eigenvalue weighted by molar-refractivity contribution is -0.117. The first-order valence-electron chi connectivity index (χ1n) is 8.25. The maximum absolute atomic E-state index is 12.3. The van der Waals surface area contributed by atoms with Crippen molar-refractivity contribution in [3.63, 3.8) is 0 Å². The van der Waals surface area contributed by atoms with Gasteiger partial charge in [-0.15, -0.1) is 11.8 Å². The Labute approximate surface area is 150 Å². The van der Waals surface area contributed by atoms with E-state index in [-0.39, 0.29) is 17.7 Å². The standard InChI is InChI=1S/C20H18N2O2S/c23-20(18-11-17(18)19-4-2-10-24-19)22-15-5-7-16(8-6-15)25-13-14-3-1-9-21-12-14/h1-10,12,17-18H,11,13H2,(H,22,23). The number of carbonyl (C=O) groups is 1. The quantitative estimate of drug-likeness (QED) is 0.654. The Balaban J connectivity index is 1.29. The third-order valence-corrected chi connectivity index (χ3v) is 5.37. The van der Waals surface area contributed by atoms with Crippen LogP contribution in [0.25, 0.3) is 0 Å². The summed E-state index contributed by atoms with van der Waals surface area (Å²) >= 11 is 1.75. The van der Waals surface area contributed by atoms with Crippen molar-refractivity contribution in [2.24, 2.45) is 5.92 Å². The molecular weight excluding hydrogens is 332 g/mol. The van der Waals surface area contributed by atoms with E-state index in [1.807, 2.05) is 48.7 Å². The van der Waals surface area contributed by atoms with E-state index in [1.54, 1.807) is 24.2 Å². The van der Waals surface area contributed by atoms with Crippen LogP contribution in [0.4, 0.5) is 5.69 Å². The number of amides is 1. The van der Waals surface area contributed by atoms with Crippen LogP contribution in [0.2, 0.25) is 0 Å². The van der Waals surface area contributed by atoms with Gasteiger partial charge in [-0.1, -0.05) is 6.07 Å². The molecule has 126 valence electrons. The lowest BCUT2D eigenvalue weighted by Gasteiger charge is -2.06. The van der Waals surface area contributed by atoms with Crippen LogP contribution in [0.15, 0.2) is 76.5 Å². The molecule has 3 aromatic rings. The van der Waals surface area contributed by atoms with Crippen molar-refractivity contribution in [2.45, 2.75) is 23.0 Å². The number of thioether (sulfide) groups is 1. The van der Waals surface area contributed by atoms with Gasteiger partial charge in [0.1, 0.15) is 5.76 Å². The number of rotatable bonds is 6. The normalized spacial score (nSPS) is 18.7. The van der Waals surface area contributed by atoms with E-state index >= 15 is 0 Å². The summed E-state index contributed by atoms with van der Waals surface area (Å²) in [5.41, 5.74) is 2.03. The Bertz CT molecular complexity index is 832. The molecule has 1 fully saturated rings. The minimum absolute atomic E-state index is 0.0192. The molecule has 1 aliphatic carbocycles. The molecule has 1 amide bonds. The van der Waals surface area contributed by atoms with Crippen molar-refractivity contribution >= 4 is 23.4 Å². The first-order chi connectivity index (χ1) is 12.3. The van der Waals surface area contributed by atoms with Crippen LogP contribution in [0.3, 0.4) is 0 Å². The van der Waals surface area contributed by atoms with Gasteiger partial charge in [0.25, 0.3) is 0 Å². The molecule has 2 unspecified atom stereocenters. The van der Waals surface area contributed by atoms with E-state index in [4.69, 9.17) is 4.42 Å². The van der Waals surface area contributed by atoms with Crippen molar-refractivity contribution in [3.8, 4) is 0 Å². The molecule has 1 aromatic carbocycles. The molecule has 0 spiro atoms. The number of aromatic nitrogens is 1. The van der Waals surface area contributed by atoms with E-state index in [2.05, 4.69) is 16.4 Å². The molecule has 25 heavy (non-hydrogen) atoms. The van der Waals surface area contributed by atoms with Gasteiger partial charge in [-0.25, -0.2) is 0 Å². The molecule has 2 heterocycles. The lowest BCUT2D eigenvalue weighted by atomic mass is 10.2. The highest BCUT2D eigenvalue weighted by molar-refractivity contribution is 7.98. The van der Waals surface area contributed by atoms with E-state index in [9.17, 15) is 4.79 Å². The van der Waals surface area contributed by atoms with Crippen molar-refractivity contribution in [1.82, 2.24) is 4.98 Å². The number of nitrogens with one attached hydrogen (secondary N) is 1. The van der Waals surface area contributed by atoms with Gasteiger partial charge in [-0.3, -0.25) is 9.78 Å². The zero-order valence-electron chi connectivity index (χ0n) is 13.6. The second kappa shape index (κ2) is 7.15. The highest BCUT2D eigenvalue weighted by atomic mass is 32.2. The van der Waals surface area contributed by atoms with Crippen LogP contribution in [0.1, 0.15) is 23.7 Å². The molecule has 1 aliphatic rings. The van der Waals surface area contributed by atoms with Crippen molar-refractivity contribution in [1.29, 1.82) is 0 Å². The minimum Gasteiger partial charge on any atom is -0.469 e. The fraction of sp³-hybridized carbons (Fsp3) is 0.200. The van der Waals surface area contributed by atoms with Crippen LogP contribution in [-0.4, -0.2) is 10.9 Å². The molecule has 2 atom stereocenters. The van der Waals surface area contributed by atoms with Crippen LogP contribution >= 0.6 is 11.8 Å². The largest absolute Gasteiger partial charge is 0.469 e. The minimum atomic E-state index is 0.0192. The van der Waals surface area contributed by atoms with E-state index < -0.39 is 0 Å². The van der Waals surface area contributed by atoms with E-state index in [1.165, 1.54) is 10.5 Å². The Morgan fingerprint density at radius 1 is 1.20 bits per heavy atom. The van der Waals surface area contributed by atoms with Crippen LogP contribution in [0, 0.1) is 5.92 Å². The second-order valence-corrected chi connectivity index (χ2v) is 7.18. The maximum Gasteiger partial charge on any atom is 0.228 e. The van der Waals surface area contributed by atoms with Gasteiger partial charge < -0.3 is 9.73 Å². The first kappa shape index (κ1) is 16.0. The molecule has 4 nitrogen and oxygen atoms in total. The van der Waals surface area contributed by atoms with Crippen molar-refractivity contribution in [3.05, 3.63) is 78.5 Å². The summed E-state index contributed by atoms with van der Waals surface area (Å²) < 4.78 is 5.38. The average Bonchev–Trinajstić information content (AvgIpc) is 3.27. The lowest BCUT2D eigenvalue weighted by Crippen LogP contribution is -2.14. The van der Waals surface area contributed by atoms with Crippen molar-refractivity contribution in [2.75, 3.05) is 5.32 Å². The number of anilines is 1. The Kier molecular flexibility index (Phi) is 4.57. The van der Waals surface area contributed by atoms with Gasteiger partial charge in [-0.05, 0) is 54.4 Å². The number of hydrogen-bond donors (Lipinski definition) is 1. The van der Waals surface area contributed by atoms with Crippen LogP contribution < -0.4 is 5.32 Å². The molecule has 4 rings (SSSR count). The predicted octanol–water partition coefficient (Wildman–Crippen LogP) is 4.71. The van der Waals surface area contributed by atoms with Crippen LogP contribution in [-0.2, 0) is 10.5 Å². The van der Waals surface area contributed by atoms with Crippen molar-refractivity contribution < 1.29 is 9.21 Å². The smallest absolute Gasteiger partial charge is 0.228 e. The summed E-state index contributed by atoms with van der Waals surface area (Å²) in [7, 11) is 0. The summed E-state index contributed by atoms with van der Waals surface area (Å²) in [6, 6.07) is 15.8. The van der Waals surface area contributed by atoms with Gasteiger partial charge in [-0.2, -0.15) is 0 Å². The fourth-order valence-electron chi connectivity index (χ4n) is 2.82. The average molecular weight is 350 g/mol. The summed E-state index contributed by atoms with van der Waals surface area (Å²) in [5, 5.41) is 3.00. The highest BCUT2D eigenvalue weighted by Crippen LogP contribution is 2.48. The fourth-order valence-corrected chi connectivity index (χ4v) is 3.65. The number of carbonyl (C=O) groups excluding carboxylic acids is 1. The Hall–Kier alpha value is -2.53. The maximum atomic E-state index is 12.3. The van der Waals surface area contributed by atoms with Gasteiger partial charge in [0.05, 0.1) is 6.26 Å². The summed E-state index contributed by atoms with van der Waals surface area (Å²) in [4.78, 5) is 17.6. The first-order valence-corrected chi connectivity index (χ1v) is 9.24. The number of hydrogen-bond acceptors (Lipinski definition) is 4. The molecule has 1 N–H and O–H groups in total. The number of pyridine rings is 1. The zero-order chi connectivity index (χ0) is 17.1. The van der Waals surface area contributed by atoms with Gasteiger partial charge in [0.15, 0.2) is 0 Å². The molecule has 0 aliphatic heterocycles. The number of furan rings is 1. The van der Waals surface area contributed by atoms with Crippen LogP contribution in [0.5, 0.6) is 0 Å². The topological polar surface area (TPSA) is 55.1 Å². The highest BCUT2D eigenvalue weighted by Gasteiger charge is 2.45.